The lowest BCUT2D eigenvalue weighted by Crippen LogP contribution is -2.40. The molecule has 1 rings (SSSR count). The summed E-state index contributed by atoms with van der Waals surface area (Å²) in [6.07, 6.45) is -0.489. The van der Waals surface area contributed by atoms with Gasteiger partial charge in [-0.1, -0.05) is 22.0 Å². The van der Waals surface area contributed by atoms with Gasteiger partial charge in [-0.2, -0.15) is 0 Å². The van der Waals surface area contributed by atoms with E-state index in [2.05, 4.69) is 21.2 Å². The normalized spacial score (nSPS) is 12.3. The number of amides is 1. The lowest BCUT2D eigenvalue weighted by molar-refractivity contribution is -0.127. The third-order valence-corrected chi connectivity index (χ3v) is 2.40. The van der Waals surface area contributed by atoms with Crippen LogP contribution in [0, 0.1) is 0 Å². The number of carbonyl (C=O) groups excluding carboxylic acids is 1. The maximum atomic E-state index is 11.6. The monoisotopic (exact) mass is 285 g/mol. The van der Waals surface area contributed by atoms with E-state index >= 15 is 0 Å². The predicted octanol–water partition coefficient (Wildman–Crippen LogP) is 2.74. The summed E-state index contributed by atoms with van der Waals surface area (Å²) in [5.41, 5.74) is 0. The Morgan fingerprint density at radius 1 is 1.38 bits per heavy atom. The molecular formula is C12H16BrNO2. The van der Waals surface area contributed by atoms with Gasteiger partial charge in [0, 0.05) is 10.5 Å². The SMILES string of the molecule is CC(C)NC(=O)C(C)Oc1cccc(Br)c1. The van der Waals surface area contributed by atoms with E-state index in [1.165, 1.54) is 0 Å². The molecule has 3 nitrogen and oxygen atoms in total. The van der Waals surface area contributed by atoms with Crippen LogP contribution >= 0.6 is 15.9 Å². The van der Waals surface area contributed by atoms with E-state index in [4.69, 9.17) is 4.74 Å². The van der Waals surface area contributed by atoms with Crippen LogP contribution in [0.4, 0.5) is 0 Å². The van der Waals surface area contributed by atoms with E-state index in [0.717, 1.165) is 4.47 Å². The van der Waals surface area contributed by atoms with Crippen molar-refractivity contribution in [2.24, 2.45) is 0 Å². The van der Waals surface area contributed by atoms with Gasteiger partial charge in [-0.15, -0.1) is 0 Å². The topological polar surface area (TPSA) is 38.3 Å². The number of halogens is 1. The van der Waals surface area contributed by atoms with Crippen molar-refractivity contribution < 1.29 is 9.53 Å². The third kappa shape index (κ3) is 4.23. The highest BCUT2D eigenvalue weighted by Crippen LogP contribution is 2.18. The molecule has 0 saturated carbocycles. The molecule has 0 aromatic heterocycles. The molecule has 1 aromatic rings. The molecule has 1 aromatic carbocycles. The minimum Gasteiger partial charge on any atom is -0.481 e. The molecule has 88 valence electrons. The van der Waals surface area contributed by atoms with Crippen LogP contribution < -0.4 is 10.1 Å². The zero-order valence-corrected chi connectivity index (χ0v) is 11.2. The van der Waals surface area contributed by atoms with Crippen molar-refractivity contribution in [1.29, 1.82) is 0 Å². The van der Waals surface area contributed by atoms with Crippen LogP contribution in [0.1, 0.15) is 20.8 Å². The highest BCUT2D eigenvalue weighted by molar-refractivity contribution is 9.10. The minimum atomic E-state index is -0.489. The van der Waals surface area contributed by atoms with Gasteiger partial charge in [0.2, 0.25) is 0 Å². The first-order chi connectivity index (χ1) is 7.49. The lowest BCUT2D eigenvalue weighted by Gasteiger charge is -2.16. The second-order valence-electron chi connectivity index (χ2n) is 3.88. The third-order valence-electron chi connectivity index (χ3n) is 1.91. The molecule has 1 N–H and O–H groups in total. The van der Waals surface area contributed by atoms with Crippen molar-refractivity contribution in [2.45, 2.75) is 32.9 Å². The van der Waals surface area contributed by atoms with Crippen LogP contribution in [0.2, 0.25) is 0 Å². The van der Waals surface area contributed by atoms with Gasteiger partial charge >= 0.3 is 0 Å². The second-order valence-corrected chi connectivity index (χ2v) is 4.80. The summed E-state index contributed by atoms with van der Waals surface area (Å²) in [6, 6.07) is 7.56. The molecule has 1 unspecified atom stereocenters. The summed E-state index contributed by atoms with van der Waals surface area (Å²) in [5, 5.41) is 2.80. The van der Waals surface area contributed by atoms with Crippen molar-refractivity contribution in [3.63, 3.8) is 0 Å². The Hall–Kier alpha value is -1.03. The Morgan fingerprint density at radius 2 is 2.06 bits per heavy atom. The number of rotatable bonds is 4. The van der Waals surface area contributed by atoms with Crippen molar-refractivity contribution in [3.05, 3.63) is 28.7 Å². The molecule has 0 spiro atoms. The fraction of sp³-hybridized carbons (Fsp3) is 0.417. The molecular weight excluding hydrogens is 270 g/mol. The van der Waals surface area contributed by atoms with Crippen molar-refractivity contribution >= 4 is 21.8 Å². The summed E-state index contributed by atoms with van der Waals surface area (Å²) < 4.78 is 6.45. The van der Waals surface area contributed by atoms with Gasteiger partial charge in [-0.3, -0.25) is 4.79 Å². The smallest absolute Gasteiger partial charge is 0.260 e. The average molecular weight is 286 g/mol. The number of hydrogen-bond donors (Lipinski definition) is 1. The van der Waals surface area contributed by atoms with Crippen molar-refractivity contribution in [1.82, 2.24) is 5.32 Å². The molecule has 16 heavy (non-hydrogen) atoms. The molecule has 0 radical (unpaired) electrons. The van der Waals surface area contributed by atoms with Crippen LogP contribution in [0.3, 0.4) is 0 Å². The van der Waals surface area contributed by atoms with Crippen LogP contribution in [0.5, 0.6) is 5.75 Å². The summed E-state index contributed by atoms with van der Waals surface area (Å²) in [6.45, 7) is 5.58. The first-order valence-corrected chi connectivity index (χ1v) is 6.01. The van der Waals surface area contributed by atoms with E-state index in [9.17, 15) is 4.79 Å². The summed E-state index contributed by atoms with van der Waals surface area (Å²) in [7, 11) is 0. The summed E-state index contributed by atoms with van der Waals surface area (Å²) in [4.78, 5) is 11.6. The largest absolute Gasteiger partial charge is 0.481 e. The fourth-order valence-electron chi connectivity index (χ4n) is 1.20. The van der Waals surface area contributed by atoms with Gasteiger partial charge < -0.3 is 10.1 Å². The fourth-order valence-corrected chi connectivity index (χ4v) is 1.58. The first kappa shape index (κ1) is 13.0. The molecule has 0 aliphatic heterocycles. The van der Waals surface area contributed by atoms with E-state index in [1.807, 2.05) is 38.1 Å². The van der Waals surface area contributed by atoms with Gasteiger partial charge in [0.25, 0.3) is 5.91 Å². The molecule has 0 bridgehead atoms. The van der Waals surface area contributed by atoms with Gasteiger partial charge in [-0.25, -0.2) is 0 Å². The van der Waals surface area contributed by atoms with Crippen LogP contribution in [0.25, 0.3) is 0 Å². The molecule has 0 fully saturated rings. The number of hydrogen-bond acceptors (Lipinski definition) is 2. The Bertz CT molecular complexity index is 366. The van der Waals surface area contributed by atoms with Crippen molar-refractivity contribution in [2.75, 3.05) is 0 Å². The summed E-state index contributed by atoms with van der Waals surface area (Å²) in [5.74, 6) is 0.579. The highest BCUT2D eigenvalue weighted by Gasteiger charge is 2.15. The zero-order valence-electron chi connectivity index (χ0n) is 9.66. The Kier molecular flexibility index (Phi) is 4.80. The highest BCUT2D eigenvalue weighted by atomic mass is 79.9. The van der Waals surface area contributed by atoms with Crippen LogP contribution in [-0.2, 0) is 4.79 Å². The van der Waals surface area contributed by atoms with E-state index in [0.29, 0.717) is 5.75 Å². The van der Waals surface area contributed by atoms with E-state index in [-0.39, 0.29) is 11.9 Å². The van der Waals surface area contributed by atoms with Gasteiger partial charge in [0.1, 0.15) is 5.75 Å². The molecule has 1 atom stereocenters. The lowest BCUT2D eigenvalue weighted by atomic mass is 10.3. The Morgan fingerprint density at radius 3 is 2.62 bits per heavy atom. The van der Waals surface area contributed by atoms with Gasteiger partial charge in [-0.05, 0) is 39.0 Å². The first-order valence-electron chi connectivity index (χ1n) is 5.21. The molecule has 1 amide bonds. The molecule has 0 aliphatic rings. The Labute approximate surface area is 104 Å². The Balaban J connectivity index is 2.57. The molecule has 0 heterocycles. The molecule has 0 saturated heterocycles. The zero-order chi connectivity index (χ0) is 12.1. The quantitative estimate of drug-likeness (QED) is 0.924. The number of ether oxygens (including phenoxy) is 1. The summed E-state index contributed by atoms with van der Waals surface area (Å²) >= 11 is 3.35. The average Bonchev–Trinajstić information content (AvgIpc) is 2.16. The number of nitrogens with one attached hydrogen (secondary N) is 1. The van der Waals surface area contributed by atoms with Gasteiger partial charge in [0.05, 0.1) is 0 Å². The maximum absolute atomic E-state index is 11.6. The van der Waals surface area contributed by atoms with Gasteiger partial charge in [0.15, 0.2) is 6.10 Å². The predicted molar refractivity (Wildman–Crippen MR) is 67.5 cm³/mol. The van der Waals surface area contributed by atoms with Crippen molar-refractivity contribution in [3.8, 4) is 5.75 Å². The van der Waals surface area contributed by atoms with E-state index in [1.54, 1.807) is 6.92 Å². The van der Waals surface area contributed by atoms with Crippen LogP contribution in [0.15, 0.2) is 28.7 Å². The second kappa shape index (κ2) is 5.89. The number of benzene rings is 1. The van der Waals surface area contributed by atoms with E-state index < -0.39 is 6.10 Å². The van der Waals surface area contributed by atoms with Crippen LogP contribution in [-0.4, -0.2) is 18.1 Å². The maximum Gasteiger partial charge on any atom is 0.260 e. The minimum absolute atomic E-state index is 0.102. The standard InChI is InChI=1S/C12H16BrNO2/c1-8(2)14-12(15)9(3)16-11-6-4-5-10(13)7-11/h4-9H,1-3H3,(H,14,15). The molecule has 0 aliphatic carbocycles. The molecule has 4 heteroatoms. The number of carbonyl (C=O) groups is 1.